The Hall–Kier alpha value is -0.410. The highest BCUT2D eigenvalue weighted by Crippen LogP contribution is 2.65. The first kappa shape index (κ1) is 17.0. The van der Waals surface area contributed by atoms with Gasteiger partial charge in [-0.3, -0.25) is 4.57 Å². The van der Waals surface area contributed by atoms with Crippen molar-refractivity contribution >= 4 is 7.60 Å². The molecule has 0 bridgehead atoms. The lowest BCUT2D eigenvalue weighted by molar-refractivity contribution is 0.0300. The fourth-order valence-electron chi connectivity index (χ4n) is 6.30. The molecule has 0 saturated heterocycles. The van der Waals surface area contributed by atoms with Crippen molar-refractivity contribution in [2.75, 3.05) is 0 Å². The molecule has 0 aromatic heterocycles. The van der Waals surface area contributed by atoms with Gasteiger partial charge in [0.15, 0.2) is 0 Å². The van der Waals surface area contributed by atoms with Crippen LogP contribution in [0.5, 0.6) is 0 Å². The van der Waals surface area contributed by atoms with E-state index in [1.54, 1.807) is 5.57 Å². The van der Waals surface area contributed by atoms with Crippen LogP contribution in [-0.4, -0.2) is 21.0 Å². The molecular formula is C19H29O4P. The molecule has 5 atom stereocenters. The molecule has 2 saturated carbocycles. The summed E-state index contributed by atoms with van der Waals surface area (Å²) in [5.74, 6) is 0.804. The summed E-state index contributed by atoms with van der Waals surface area (Å²) in [5.41, 5.74) is 3.22. The number of fused-ring (bicyclic) bond motifs is 4. The molecule has 4 rings (SSSR count). The van der Waals surface area contributed by atoms with Gasteiger partial charge in [0.25, 0.3) is 0 Å². The molecule has 5 heteroatoms. The van der Waals surface area contributed by atoms with Crippen LogP contribution in [0.3, 0.4) is 0 Å². The van der Waals surface area contributed by atoms with Crippen LogP contribution in [0.25, 0.3) is 0 Å². The van der Waals surface area contributed by atoms with Crippen LogP contribution in [-0.2, 0) is 4.57 Å². The molecule has 0 heterocycles. The van der Waals surface area contributed by atoms with E-state index in [1.807, 2.05) is 6.08 Å². The molecule has 0 unspecified atom stereocenters. The Morgan fingerprint density at radius 3 is 2.54 bits per heavy atom. The topological polar surface area (TPSA) is 77.8 Å². The molecule has 0 radical (unpaired) electrons. The minimum absolute atomic E-state index is 0.0173. The van der Waals surface area contributed by atoms with E-state index in [-0.39, 0.29) is 22.9 Å². The Kier molecular flexibility index (Phi) is 3.76. The number of allylic oxidation sites excluding steroid dienone is 3. The van der Waals surface area contributed by atoms with Crippen LogP contribution in [0, 0.1) is 22.7 Å². The molecule has 3 N–H and O–H groups in total. The van der Waals surface area contributed by atoms with Gasteiger partial charge in [0, 0.05) is 10.7 Å². The van der Waals surface area contributed by atoms with E-state index in [9.17, 15) is 19.5 Å². The zero-order valence-corrected chi connectivity index (χ0v) is 15.6. The van der Waals surface area contributed by atoms with Crippen molar-refractivity contribution in [2.24, 2.45) is 22.7 Å². The van der Waals surface area contributed by atoms with E-state index in [2.05, 4.69) is 13.8 Å². The second-order valence-corrected chi connectivity index (χ2v) is 10.6. The monoisotopic (exact) mass is 352 g/mol. The number of hydrogen-bond acceptors (Lipinski definition) is 2. The summed E-state index contributed by atoms with van der Waals surface area (Å²) in [4.78, 5) is 19.1. The summed E-state index contributed by atoms with van der Waals surface area (Å²) in [6.45, 7) is 4.58. The average molecular weight is 352 g/mol. The molecule has 4 aliphatic rings. The number of hydrogen-bond donors (Lipinski definition) is 3. The summed E-state index contributed by atoms with van der Waals surface area (Å²) in [6, 6.07) is 0. The molecule has 2 fully saturated rings. The van der Waals surface area contributed by atoms with E-state index in [0.29, 0.717) is 17.7 Å². The number of aliphatic hydroxyl groups excluding tert-OH is 1. The molecule has 0 aromatic rings. The van der Waals surface area contributed by atoms with Gasteiger partial charge in [-0.2, -0.15) is 0 Å². The maximum absolute atomic E-state index is 11.7. The molecule has 0 aliphatic heterocycles. The third-order valence-corrected chi connectivity index (χ3v) is 9.03. The highest BCUT2D eigenvalue weighted by molar-refractivity contribution is 7.56. The largest absolute Gasteiger partial charge is 0.392 e. The molecular weight excluding hydrogens is 323 g/mol. The van der Waals surface area contributed by atoms with Crippen LogP contribution in [0.15, 0.2) is 22.5 Å². The molecule has 24 heavy (non-hydrogen) atoms. The van der Waals surface area contributed by atoms with Gasteiger partial charge < -0.3 is 14.9 Å². The van der Waals surface area contributed by atoms with Crippen molar-refractivity contribution < 1.29 is 19.5 Å². The van der Waals surface area contributed by atoms with Crippen molar-refractivity contribution in [3.05, 3.63) is 22.5 Å². The van der Waals surface area contributed by atoms with Gasteiger partial charge in [-0.15, -0.1) is 0 Å². The second kappa shape index (κ2) is 5.30. The van der Waals surface area contributed by atoms with Crippen molar-refractivity contribution in [1.82, 2.24) is 0 Å². The normalized spacial score (nSPS) is 45.4. The van der Waals surface area contributed by atoms with E-state index in [1.165, 1.54) is 5.57 Å². The number of aliphatic hydroxyl groups is 1. The van der Waals surface area contributed by atoms with Gasteiger partial charge in [-0.1, -0.05) is 31.1 Å². The van der Waals surface area contributed by atoms with Crippen molar-refractivity contribution in [3.8, 4) is 0 Å². The summed E-state index contributed by atoms with van der Waals surface area (Å²) < 4.78 is 11.7. The molecule has 0 spiro atoms. The van der Waals surface area contributed by atoms with Crippen molar-refractivity contribution in [1.29, 1.82) is 0 Å². The third kappa shape index (κ3) is 2.26. The first-order valence-electron chi connectivity index (χ1n) is 9.33. The Bertz CT molecular complexity index is 675. The third-order valence-electron chi connectivity index (χ3n) is 7.91. The predicted molar refractivity (Wildman–Crippen MR) is 93.3 cm³/mol. The Balaban J connectivity index is 1.72. The Labute approximate surface area is 144 Å². The molecule has 134 valence electrons. The first-order chi connectivity index (χ1) is 11.2. The van der Waals surface area contributed by atoms with Crippen LogP contribution >= 0.6 is 7.60 Å². The van der Waals surface area contributed by atoms with Crippen LogP contribution in [0.4, 0.5) is 0 Å². The average Bonchev–Trinajstić information content (AvgIpc) is 2.81. The predicted octanol–water partition coefficient (Wildman–Crippen LogP) is 4.13. The SMILES string of the molecule is C[C@]12CCC(P(=O)(O)O)=C[C@@H]1CCC1=C3CC[C@H](O)[C@@]3(C)CC[C@@H]12. The van der Waals surface area contributed by atoms with E-state index in [4.69, 9.17) is 0 Å². The van der Waals surface area contributed by atoms with Crippen molar-refractivity contribution in [2.45, 2.75) is 71.3 Å². The van der Waals surface area contributed by atoms with E-state index in [0.717, 1.165) is 44.9 Å². The molecule has 0 amide bonds. The van der Waals surface area contributed by atoms with Gasteiger partial charge in [0.05, 0.1) is 6.10 Å². The zero-order chi connectivity index (χ0) is 17.3. The summed E-state index contributed by atoms with van der Waals surface area (Å²) in [7, 11) is -4.09. The Morgan fingerprint density at radius 2 is 1.83 bits per heavy atom. The minimum atomic E-state index is -4.09. The summed E-state index contributed by atoms with van der Waals surface area (Å²) >= 11 is 0. The maximum atomic E-state index is 11.7. The van der Waals surface area contributed by atoms with E-state index < -0.39 is 7.60 Å². The first-order valence-corrected chi connectivity index (χ1v) is 10.9. The van der Waals surface area contributed by atoms with E-state index >= 15 is 0 Å². The van der Waals surface area contributed by atoms with Crippen LogP contribution in [0.2, 0.25) is 0 Å². The second-order valence-electron chi connectivity index (χ2n) is 8.92. The van der Waals surface area contributed by atoms with Crippen LogP contribution in [0.1, 0.15) is 65.2 Å². The van der Waals surface area contributed by atoms with Gasteiger partial charge in [0.2, 0.25) is 0 Å². The lowest BCUT2D eigenvalue weighted by atomic mass is 9.51. The number of rotatable bonds is 1. The zero-order valence-electron chi connectivity index (χ0n) is 14.7. The van der Waals surface area contributed by atoms with Gasteiger partial charge in [-0.05, 0) is 68.6 Å². The summed E-state index contributed by atoms with van der Waals surface area (Å²) in [5, 5.41) is 10.8. The molecule has 0 aromatic carbocycles. The van der Waals surface area contributed by atoms with Gasteiger partial charge in [0.1, 0.15) is 0 Å². The summed E-state index contributed by atoms with van der Waals surface area (Å²) in [6.07, 6.45) is 9.23. The highest BCUT2D eigenvalue weighted by Gasteiger charge is 2.54. The minimum Gasteiger partial charge on any atom is -0.392 e. The van der Waals surface area contributed by atoms with Gasteiger partial charge >= 0.3 is 7.60 Å². The molecule has 4 aliphatic carbocycles. The smallest absolute Gasteiger partial charge is 0.351 e. The van der Waals surface area contributed by atoms with Crippen molar-refractivity contribution in [3.63, 3.8) is 0 Å². The fraction of sp³-hybridized carbons (Fsp3) is 0.789. The lowest BCUT2D eigenvalue weighted by Gasteiger charge is -2.54. The lowest BCUT2D eigenvalue weighted by Crippen LogP contribution is -2.45. The Morgan fingerprint density at radius 1 is 1.08 bits per heavy atom. The fourth-order valence-corrected chi connectivity index (χ4v) is 7.08. The highest BCUT2D eigenvalue weighted by atomic mass is 31.2. The van der Waals surface area contributed by atoms with Crippen LogP contribution < -0.4 is 0 Å². The quantitative estimate of drug-likeness (QED) is 0.490. The standard InChI is InChI=1S/C19H29O4P/c1-18-9-7-13(24(21,22)23)11-12(18)3-4-14-15-5-6-17(20)19(15,2)10-8-16(14)18/h11-12,16-17,20H,3-10H2,1-2H3,(H2,21,22,23)/t12-,16-,17-,18-,19-/m0/s1. The maximum Gasteiger partial charge on any atom is 0.351 e. The van der Waals surface area contributed by atoms with Gasteiger partial charge in [-0.25, -0.2) is 0 Å². The molecule has 4 nitrogen and oxygen atoms in total.